The van der Waals surface area contributed by atoms with Crippen LogP contribution in [0.3, 0.4) is 0 Å². The van der Waals surface area contributed by atoms with Gasteiger partial charge in [-0.15, -0.1) is 0 Å². The highest BCUT2D eigenvalue weighted by molar-refractivity contribution is 7.89. The van der Waals surface area contributed by atoms with Gasteiger partial charge in [0, 0.05) is 32.2 Å². The number of hydrogen-bond donors (Lipinski definition) is 1. The van der Waals surface area contributed by atoms with Crippen molar-refractivity contribution >= 4 is 16.1 Å². The highest BCUT2D eigenvalue weighted by Gasteiger charge is 2.29. The minimum atomic E-state index is -3.67. The Bertz CT molecular complexity index is 702. The standard InChI is InChI=1S/C17H24FN3O3S/c18-14-6-8-16(9-7-14)25(23,24)21-11-3-10-20(12-13-21)17(22)19-15-4-1-2-5-15/h6-9,15H,1-5,10-13H2,(H,19,22). The Morgan fingerprint density at radius 1 is 1.00 bits per heavy atom. The van der Waals surface area contributed by atoms with Gasteiger partial charge in [-0.1, -0.05) is 12.8 Å². The Balaban J connectivity index is 1.62. The molecule has 1 aliphatic carbocycles. The average molecular weight is 369 g/mol. The molecule has 1 aromatic carbocycles. The molecule has 8 heteroatoms. The zero-order valence-corrected chi connectivity index (χ0v) is 15.0. The second-order valence-corrected chi connectivity index (χ2v) is 8.57. The van der Waals surface area contributed by atoms with Crippen LogP contribution in [0.15, 0.2) is 29.2 Å². The van der Waals surface area contributed by atoms with Crippen molar-refractivity contribution in [2.75, 3.05) is 26.2 Å². The molecule has 0 bridgehead atoms. The molecule has 25 heavy (non-hydrogen) atoms. The van der Waals surface area contributed by atoms with E-state index in [4.69, 9.17) is 0 Å². The molecule has 0 aromatic heterocycles. The normalized spacial score (nSPS) is 20.4. The van der Waals surface area contributed by atoms with Gasteiger partial charge < -0.3 is 10.2 Å². The van der Waals surface area contributed by atoms with E-state index in [1.54, 1.807) is 4.90 Å². The Morgan fingerprint density at radius 2 is 1.68 bits per heavy atom. The lowest BCUT2D eigenvalue weighted by Crippen LogP contribution is -2.45. The van der Waals surface area contributed by atoms with Crippen LogP contribution in [0.2, 0.25) is 0 Å². The van der Waals surface area contributed by atoms with Crippen LogP contribution in [0.25, 0.3) is 0 Å². The van der Waals surface area contributed by atoms with E-state index in [0.29, 0.717) is 26.1 Å². The van der Waals surface area contributed by atoms with Crippen molar-refractivity contribution in [3.63, 3.8) is 0 Å². The lowest BCUT2D eigenvalue weighted by atomic mass is 10.2. The largest absolute Gasteiger partial charge is 0.335 e. The second kappa shape index (κ2) is 7.70. The summed E-state index contributed by atoms with van der Waals surface area (Å²) in [5.41, 5.74) is 0. The number of rotatable bonds is 3. The maximum atomic E-state index is 13.0. The number of halogens is 1. The van der Waals surface area contributed by atoms with Crippen molar-refractivity contribution in [1.29, 1.82) is 0 Å². The van der Waals surface area contributed by atoms with E-state index < -0.39 is 15.8 Å². The van der Waals surface area contributed by atoms with Gasteiger partial charge in [-0.25, -0.2) is 17.6 Å². The molecule has 0 spiro atoms. The first-order valence-electron chi connectivity index (χ1n) is 8.78. The van der Waals surface area contributed by atoms with Crippen LogP contribution in [0.4, 0.5) is 9.18 Å². The fraction of sp³-hybridized carbons (Fsp3) is 0.588. The number of benzene rings is 1. The molecule has 138 valence electrons. The predicted molar refractivity (Wildman–Crippen MR) is 92.1 cm³/mol. The summed E-state index contributed by atoms with van der Waals surface area (Å²) in [5, 5.41) is 3.05. The summed E-state index contributed by atoms with van der Waals surface area (Å²) >= 11 is 0. The van der Waals surface area contributed by atoms with Crippen molar-refractivity contribution in [1.82, 2.24) is 14.5 Å². The zero-order valence-electron chi connectivity index (χ0n) is 14.2. The van der Waals surface area contributed by atoms with Crippen LogP contribution >= 0.6 is 0 Å². The van der Waals surface area contributed by atoms with Crippen LogP contribution in [-0.4, -0.2) is 55.9 Å². The van der Waals surface area contributed by atoms with Crippen LogP contribution in [0.1, 0.15) is 32.1 Å². The van der Waals surface area contributed by atoms with E-state index in [0.717, 1.165) is 37.8 Å². The van der Waals surface area contributed by atoms with Gasteiger partial charge in [-0.05, 0) is 43.5 Å². The summed E-state index contributed by atoms with van der Waals surface area (Å²) in [4.78, 5) is 14.2. The predicted octanol–water partition coefficient (Wildman–Crippen LogP) is 2.17. The topological polar surface area (TPSA) is 69.7 Å². The number of hydrogen-bond acceptors (Lipinski definition) is 3. The molecule has 6 nitrogen and oxygen atoms in total. The van der Waals surface area contributed by atoms with Crippen LogP contribution < -0.4 is 5.32 Å². The van der Waals surface area contributed by atoms with Crippen molar-refractivity contribution in [3.05, 3.63) is 30.1 Å². The Hall–Kier alpha value is -1.67. The molecule has 1 N–H and O–H groups in total. The molecule has 1 aromatic rings. The van der Waals surface area contributed by atoms with Gasteiger partial charge in [0.15, 0.2) is 0 Å². The number of nitrogens with zero attached hydrogens (tertiary/aromatic N) is 2. The minimum absolute atomic E-state index is 0.0813. The molecule has 3 rings (SSSR count). The van der Waals surface area contributed by atoms with E-state index in [-0.39, 0.29) is 23.5 Å². The van der Waals surface area contributed by atoms with Gasteiger partial charge in [0.2, 0.25) is 10.0 Å². The third kappa shape index (κ3) is 4.30. The van der Waals surface area contributed by atoms with Crippen molar-refractivity contribution < 1.29 is 17.6 Å². The molecule has 2 fully saturated rings. The Morgan fingerprint density at radius 3 is 2.36 bits per heavy atom. The summed E-state index contributed by atoms with van der Waals surface area (Å²) in [6.45, 7) is 1.50. The van der Waals surface area contributed by atoms with E-state index >= 15 is 0 Å². The molecule has 0 unspecified atom stereocenters. The number of carbonyl (C=O) groups is 1. The fourth-order valence-corrected chi connectivity index (χ4v) is 4.90. The quantitative estimate of drug-likeness (QED) is 0.888. The van der Waals surface area contributed by atoms with Crippen molar-refractivity contribution in [3.8, 4) is 0 Å². The molecule has 1 heterocycles. The third-order valence-corrected chi connectivity index (χ3v) is 6.79. The van der Waals surface area contributed by atoms with Gasteiger partial charge in [0.1, 0.15) is 5.82 Å². The third-order valence-electron chi connectivity index (χ3n) is 4.88. The number of carbonyl (C=O) groups excluding carboxylic acids is 1. The molecule has 2 aliphatic rings. The number of sulfonamides is 1. The highest BCUT2D eigenvalue weighted by Crippen LogP contribution is 2.20. The lowest BCUT2D eigenvalue weighted by molar-refractivity contribution is 0.196. The SMILES string of the molecule is O=C(NC1CCCC1)N1CCCN(S(=O)(=O)c2ccc(F)cc2)CC1. The number of urea groups is 1. The van der Waals surface area contributed by atoms with E-state index in [9.17, 15) is 17.6 Å². The van der Waals surface area contributed by atoms with Crippen molar-refractivity contribution in [2.45, 2.75) is 43.0 Å². The monoisotopic (exact) mass is 369 g/mol. The molecule has 1 aliphatic heterocycles. The first-order chi connectivity index (χ1) is 12.0. The van der Waals surface area contributed by atoms with E-state index in [1.807, 2.05) is 0 Å². The molecule has 0 atom stereocenters. The number of nitrogens with one attached hydrogen (secondary N) is 1. The minimum Gasteiger partial charge on any atom is -0.335 e. The first-order valence-corrected chi connectivity index (χ1v) is 10.2. The summed E-state index contributed by atoms with van der Waals surface area (Å²) in [6.07, 6.45) is 4.91. The second-order valence-electron chi connectivity index (χ2n) is 6.63. The Labute approximate surface area is 148 Å². The first kappa shape index (κ1) is 18.1. The van der Waals surface area contributed by atoms with Gasteiger partial charge in [0.05, 0.1) is 4.90 Å². The Kier molecular flexibility index (Phi) is 5.58. The smallest absolute Gasteiger partial charge is 0.317 e. The molecule has 1 saturated heterocycles. The number of amides is 2. The molecule has 2 amide bonds. The molecular weight excluding hydrogens is 345 g/mol. The maximum Gasteiger partial charge on any atom is 0.317 e. The van der Waals surface area contributed by atoms with E-state index in [2.05, 4.69) is 5.32 Å². The van der Waals surface area contributed by atoms with Crippen LogP contribution in [0, 0.1) is 5.82 Å². The van der Waals surface area contributed by atoms with Crippen molar-refractivity contribution in [2.24, 2.45) is 0 Å². The van der Waals surface area contributed by atoms with Crippen LogP contribution in [0.5, 0.6) is 0 Å². The molecule has 1 saturated carbocycles. The highest BCUT2D eigenvalue weighted by atomic mass is 32.2. The van der Waals surface area contributed by atoms with Gasteiger partial charge >= 0.3 is 6.03 Å². The molecule has 0 radical (unpaired) electrons. The zero-order chi connectivity index (χ0) is 17.9. The van der Waals surface area contributed by atoms with Gasteiger partial charge in [0.25, 0.3) is 0 Å². The summed E-state index contributed by atoms with van der Waals surface area (Å²) in [5.74, 6) is -0.468. The molecular formula is C17H24FN3O3S. The lowest BCUT2D eigenvalue weighted by Gasteiger charge is -2.24. The van der Waals surface area contributed by atoms with Gasteiger partial charge in [-0.3, -0.25) is 0 Å². The summed E-state index contributed by atoms with van der Waals surface area (Å²) in [7, 11) is -3.67. The van der Waals surface area contributed by atoms with Gasteiger partial charge in [-0.2, -0.15) is 4.31 Å². The van der Waals surface area contributed by atoms with Crippen LogP contribution in [-0.2, 0) is 10.0 Å². The summed E-state index contributed by atoms with van der Waals surface area (Å²) < 4.78 is 39.8. The van der Waals surface area contributed by atoms with E-state index in [1.165, 1.54) is 16.4 Å². The maximum absolute atomic E-state index is 13.0. The summed E-state index contributed by atoms with van der Waals surface area (Å²) in [6, 6.07) is 4.99. The average Bonchev–Trinajstić information content (AvgIpc) is 2.95. The fourth-order valence-electron chi connectivity index (χ4n) is 3.43.